The first-order valence-corrected chi connectivity index (χ1v) is 5.40. The minimum atomic E-state index is -0.528. The Morgan fingerprint density at radius 2 is 2.12 bits per heavy atom. The third kappa shape index (κ3) is 3.10. The molecule has 0 aliphatic heterocycles. The molecule has 0 fully saturated rings. The van der Waals surface area contributed by atoms with Crippen LogP contribution in [0.1, 0.15) is 19.4 Å². The zero-order valence-corrected chi connectivity index (χ0v) is 10.7. The summed E-state index contributed by atoms with van der Waals surface area (Å²) in [7, 11) is 5.53. The number of aromatic nitrogens is 1. The second-order valence-corrected chi connectivity index (χ2v) is 4.86. The highest BCUT2D eigenvalue weighted by Gasteiger charge is 2.28. The highest BCUT2D eigenvalue weighted by Crippen LogP contribution is 2.08. The lowest BCUT2D eigenvalue weighted by Gasteiger charge is -2.28. The maximum atomic E-state index is 11.8. The van der Waals surface area contributed by atoms with Crippen LogP contribution in [0, 0.1) is 0 Å². The Hall–Kier alpha value is -1.29. The molecule has 4 heteroatoms. The number of nitrogens with zero attached hydrogens (tertiary/aromatic N) is 2. The molecule has 0 atom stereocenters. The van der Waals surface area contributed by atoms with Crippen molar-refractivity contribution in [2.45, 2.75) is 25.9 Å². The molecule has 1 rings (SSSR count). The van der Waals surface area contributed by atoms with Gasteiger partial charge in [0, 0.05) is 40.1 Å². The van der Waals surface area contributed by atoms with E-state index in [1.165, 1.54) is 5.56 Å². The van der Waals surface area contributed by atoms with Gasteiger partial charge < -0.3 is 9.47 Å². The molecular formula is C12H21N3O. The molecule has 1 N–H and O–H groups in total. The molecule has 1 amide bonds. The summed E-state index contributed by atoms with van der Waals surface area (Å²) >= 11 is 0. The molecule has 0 aliphatic rings. The predicted octanol–water partition coefficient (Wildman–Crippen LogP) is 0.981. The van der Waals surface area contributed by atoms with E-state index in [0.717, 1.165) is 0 Å². The van der Waals surface area contributed by atoms with Crippen LogP contribution in [0.4, 0.5) is 0 Å². The second-order valence-electron chi connectivity index (χ2n) is 4.86. The fraction of sp³-hybridized carbons (Fsp3) is 0.583. The molecule has 0 saturated carbocycles. The Morgan fingerprint density at radius 3 is 2.56 bits per heavy atom. The molecule has 1 heterocycles. The Bertz CT molecular complexity index is 366. The van der Waals surface area contributed by atoms with Gasteiger partial charge in [-0.3, -0.25) is 10.1 Å². The fourth-order valence-corrected chi connectivity index (χ4v) is 1.62. The van der Waals surface area contributed by atoms with Gasteiger partial charge in [0.2, 0.25) is 5.91 Å². The number of carbonyl (C=O) groups excluding carboxylic acids is 1. The Labute approximate surface area is 97.2 Å². The van der Waals surface area contributed by atoms with Gasteiger partial charge in [-0.25, -0.2) is 0 Å². The van der Waals surface area contributed by atoms with Crippen LogP contribution >= 0.6 is 0 Å². The van der Waals surface area contributed by atoms with Gasteiger partial charge in [0.1, 0.15) is 0 Å². The Kier molecular flexibility index (Phi) is 3.75. The number of aryl methyl sites for hydroxylation is 1. The molecule has 0 aliphatic carbocycles. The van der Waals surface area contributed by atoms with Gasteiger partial charge in [0.15, 0.2) is 0 Å². The van der Waals surface area contributed by atoms with E-state index in [2.05, 4.69) is 5.32 Å². The van der Waals surface area contributed by atoms with E-state index in [0.29, 0.717) is 6.54 Å². The summed E-state index contributed by atoms with van der Waals surface area (Å²) < 4.78 is 2.00. The van der Waals surface area contributed by atoms with Gasteiger partial charge in [-0.05, 0) is 25.5 Å². The van der Waals surface area contributed by atoms with Crippen molar-refractivity contribution < 1.29 is 4.79 Å². The van der Waals surface area contributed by atoms with Crippen LogP contribution in [0.5, 0.6) is 0 Å². The summed E-state index contributed by atoms with van der Waals surface area (Å²) in [6.45, 7) is 4.50. The summed E-state index contributed by atoms with van der Waals surface area (Å²) in [6, 6.07) is 2.04. The van der Waals surface area contributed by atoms with Gasteiger partial charge in [-0.1, -0.05) is 0 Å². The lowest BCUT2D eigenvalue weighted by atomic mass is 10.0. The molecule has 0 unspecified atom stereocenters. The normalized spacial score (nSPS) is 11.6. The van der Waals surface area contributed by atoms with E-state index in [1.54, 1.807) is 19.0 Å². The SMILES string of the molecule is CN(C)C(=O)C(C)(C)NCc1ccn(C)c1. The van der Waals surface area contributed by atoms with Crippen molar-refractivity contribution in [3.8, 4) is 0 Å². The number of amides is 1. The first-order chi connectivity index (χ1) is 7.33. The van der Waals surface area contributed by atoms with E-state index < -0.39 is 5.54 Å². The molecule has 0 spiro atoms. The van der Waals surface area contributed by atoms with Crippen LogP contribution in [0.25, 0.3) is 0 Å². The minimum absolute atomic E-state index is 0.0865. The number of nitrogens with one attached hydrogen (secondary N) is 1. The molecular weight excluding hydrogens is 202 g/mol. The molecule has 16 heavy (non-hydrogen) atoms. The topological polar surface area (TPSA) is 37.3 Å². The summed E-state index contributed by atoms with van der Waals surface area (Å²) in [5.41, 5.74) is 0.654. The van der Waals surface area contributed by atoms with Crippen LogP contribution in [-0.4, -0.2) is 35.0 Å². The molecule has 0 saturated heterocycles. The van der Waals surface area contributed by atoms with Crippen molar-refractivity contribution in [3.05, 3.63) is 24.0 Å². The summed E-state index contributed by atoms with van der Waals surface area (Å²) in [4.78, 5) is 13.5. The monoisotopic (exact) mass is 223 g/mol. The maximum Gasteiger partial charge on any atom is 0.241 e. The van der Waals surface area contributed by atoms with Gasteiger partial charge in [-0.15, -0.1) is 0 Å². The van der Waals surface area contributed by atoms with Crippen molar-refractivity contribution in [3.63, 3.8) is 0 Å². The number of rotatable bonds is 4. The summed E-state index contributed by atoms with van der Waals surface area (Å²) in [5.74, 6) is 0.0865. The minimum Gasteiger partial charge on any atom is -0.357 e. The smallest absolute Gasteiger partial charge is 0.241 e. The fourth-order valence-electron chi connectivity index (χ4n) is 1.62. The van der Waals surface area contributed by atoms with Gasteiger partial charge in [0.05, 0.1) is 5.54 Å². The van der Waals surface area contributed by atoms with Crippen molar-refractivity contribution >= 4 is 5.91 Å². The van der Waals surface area contributed by atoms with Crippen molar-refractivity contribution in [2.75, 3.05) is 14.1 Å². The van der Waals surface area contributed by atoms with Crippen LogP contribution in [0.15, 0.2) is 18.5 Å². The number of hydrogen-bond acceptors (Lipinski definition) is 2. The second kappa shape index (κ2) is 4.70. The van der Waals surface area contributed by atoms with Crippen LogP contribution in [-0.2, 0) is 18.4 Å². The van der Waals surface area contributed by atoms with Crippen molar-refractivity contribution in [1.29, 1.82) is 0 Å². The number of hydrogen-bond donors (Lipinski definition) is 1. The Balaban J connectivity index is 2.57. The van der Waals surface area contributed by atoms with Crippen molar-refractivity contribution in [1.82, 2.24) is 14.8 Å². The highest BCUT2D eigenvalue weighted by atomic mass is 16.2. The first kappa shape index (κ1) is 12.8. The molecule has 1 aromatic heterocycles. The lowest BCUT2D eigenvalue weighted by molar-refractivity contribution is -0.134. The standard InChI is InChI=1S/C12H21N3O/c1-12(2,11(16)14(3)4)13-8-10-6-7-15(5)9-10/h6-7,9,13H,8H2,1-5H3. The highest BCUT2D eigenvalue weighted by molar-refractivity contribution is 5.85. The molecule has 0 bridgehead atoms. The van der Waals surface area contributed by atoms with Crippen molar-refractivity contribution in [2.24, 2.45) is 7.05 Å². The molecule has 4 nitrogen and oxygen atoms in total. The maximum absolute atomic E-state index is 11.8. The number of carbonyl (C=O) groups is 1. The van der Waals surface area contributed by atoms with Crippen LogP contribution in [0.2, 0.25) is 0 Å². The first-order valence-electron chi connectivity index (χ1n) is 5.40. The summed E-state index contributed by atoms with van der Waals surface area (Å²) in [5, 5.41) is 3.27. The Morgan fingerprint density at radius 1 is 1.50 bits per heavy atom. The molecule has 0 radical (unpaired) electrons. The molecule has 0 aromatic carbocycles. The van der Waals surface area contributed by atoms with E-state index in [-0.39, 0.29) is 5.91 Å². The predicted molar refractivity (Wildman–Crippen MR) is 65.0 cm³/mol. The lowest BCUT2D eigenvalue weighted by Crippen LogP contribution is -2.51. The average molecular weight is 223 g/mol. The van der Waals surface area contributed by atoms with Gasteiger partial charge in [-0.2, -0.15) is 0 Å². The van der Waals surface area contributed by atoms with E-state index in [4.69, 9.17) is 0 Å². The van der Waals surface area contributed by atoms with E-state index in [9.17, 15) is 4.79 Å². The van der Waals surface area contributed by atoms with Crippen LogP contribution in [0.3, 0.4) is 0 Å². The summed E-state index contributed by atoms with van der Waals surface area (Å²) in [6.07, 6.45) is 4.04. The average Bonchev–Trinajstić information content (AvgIpc) is 2.60. The molecule has 1 aromatic rings. The quantitative estimate of drug-likeness (QED) is 0.826. The third-order valence-corrected chi connectivity index (χ3v) is 2.57. The van der Waals surface area contributed by atoms with E-state index in [1.807, 2.05) is 43.9 Å². The van der Waals surface area contributed by atoms with E-state index >= 15 is 0 Å². The third-order valence-electron chi connectivity index (χ3n) is 2.57. The zero-order valence-electron chi connectivity index (χ0n) is 10.7. The zero-order chi connectivity index (χ0) is 12.3. The van der Waals surface area contributed by atoms with Crippen LogP contribution < -0.4 is 5.32 Å². The van der Waals surface area contributed by atoms with Gasteiger partial charge in [0.25, 0.3) is 0 Å². The van der Waals surface area contributed by atoms with Gasteiger partial charge >= 0.3 is 0 Å². The molecule has 90 valence electrons. The number of likely N-dealkylation sites (N-methyl/N-ethyl adjacent to an activating group) is 1. The largest absolute Gasteiger partial charge is 0.357 e.